The van der Waals surface area contributed by atoms with Crippen molar-refractivity contribution in [3.63, 3.8) is 0 Å². The zero-order chi connectivity index (χ0) is 26.9. The summed E-state index contributed by atoms with van der Waals surface area (Å²) in [6.45, 7) is 1.53. The molecule has 0 radical (unpaired) electrons. The van der Waals surface area contributed by atoms with Crippen molar-refractivity contribution in [2.45, 2.75) is 39.3 Å². The highest BCUT2D eigenvalue weighted by atomic mass is 35.5. The fraction of sp³-hybridized carbons (Fsp3) is 0.286. The number of aliphatic hydroxyl groups excluding tert-OH is 1. The van der Waals surface area contributed by atoms with Crippen LogP contribution in [0.5, 0.6) is 11.5 Å². The number of aliphatic hydroxyl groups is 1. The molecule has 36 heavy (non-hydrogen) atoms. The van der Waals surface area contributed by atoms with Gasteiger partial charge in [0.05, 0.1) is 16.3 Å². The molecule has 0 aliphatic rings. The number of phenolic OH excluding ortho intramolecular Hbond substituents is 1. The highest BCUT2D eigenvalue weighted by Gasteiger charge is 2.39. The molecule has 0 unspecified atom stereocenters. The predicted molar refractivity (Wildman–Crippen MR) is 117 cm³/mol. The number of nitrogens with one attached hydrogen (secondary N) is 1. The zero-order valence-corrected chi connectivity index (χ0v) is 19.3. The fourth-order valence-electron chi connectivity index (χ4n) is 3.13. The Hall–Kier alpha value is -3.65. The molecule has 0 fully saturated rings. The van der Waals surface area contributed by atoms with E-state index < -0.39 is 75.6 Å². The number of alkyl halides is 3. The van der Waals surface area contributed by atoms with Gasteiger partial charge in [0.15, 0.2) is 17.7 Å². The van der Waals surface area contributed by atoms with Crippen LogP contribution in [0, 0.1) is 11.6 Å². The summed E-state index contributed by atoms with van der Waals surface area (Å²) in [5, 5.41) is 24.1. The van der Waals surface area contributed by atoms with Gasteiger partial charge in [0.1, 0.15) is 29.6 Å². The first kappa shape index (κ1) is 26.9. The molecular formula is C21H18ClF5N4O5. The van der Waals surface area contributed by atoms with Gasteiger partial charge in [-0.15, -0.1) is 5.10 Å². The van der Waals surface area contributed by atoms with Gasteiger partial charge in [-0.05, 0) is 19.9 Å². The van der Waals surface area contributed by atoms with Crippen molar-refractivity contribution < 1.29 is 41.7 Å². The monoisotopic (exact) mass is 536 g/mol. The van der Waals surface area contributed by atoms with Crippen molar-refractivity contribution >= 4 is 23.2 Å². The molecule has 0 saturated carbocycles. The lowest BCUT2D eigenvalue weighted by Crippen LogP contribution is -2.32. The molecule has 2 aromatic carbocycles. The van der Waals surface area contributed by atoms with E-state index in [0.717, 1.165) is 10.6 Å². The zero-order valence-electron chi connectivity index (χ0n) is 18.5. The van der Waals surface area contributed by atoms with Crippen molar-refractivity contribution in [1.29, 1.82) is 0 Å². The van der Waals surface area contributed by atoms with E-state index in [2.05, 4.69) is 5.10 Å². The Balaban J connectivity index is 2.16. The topological polar surface area (TPSA) is 119 Å². The standard InChI is InChI=1S/C21H18ClF5N4O5/c1-3-30-17(8-32)29-31(20(30)35)15-7-16(36-9(2)21(25,26)27)11(6-13(15)23)19(34)28-18-12(22)4-10(33)5-14(18)24/h4-7,9,32-33H,3,8H2,1-2H3,(H,28,34)/t9-/m0/s1. The van der Waals surface area contributed by atoms with Crippen molar-refractivity contribution in [2.24, 2.45) is 0 Å². The normalized spacial score (nSPS) is 12.5. The average Bonchev–Trinajstić information content (AvgIpc) is 3.11. The molecule has 1 aromatic heterocycles. The average molecular weight is 537 g/mol. The van der Waals surface area contributed by atoms with Crippen LogP contribution in [-0.4, -0.2) is 42.7 Å². The third-order valence-corrected chi connectivity index (χ3v) is 5.25. The molecule has 0 bridgehead atoms. The predicted octanol–water partition coefficient (Wildman–Crippen LogP) is 3.77. The lowest BCUT2D eigenvalue weighted by Gasteiger charge is -2.20. The minimum Gasteiger partial charge on any atom is -0.508 e. The Morgan fingerprint density at radius 2 is 1.89 bits per heavy atom. The van der Waals surface area contributed by atoms with Gasteiger partial charge in [0.2, 0.25) is 0 Å². The Bertz CT molecular complexity index is 1350. The van der Waals surface area contributed by atoms with Gasteiger partial charge in [-0.25, -0.2) is 13.6 Å². The number of benzene rings is 2. The molecule has 0 aliphatic heterocycles. The first-order valence-electron chi connectivity index (χ1n) is 10.1. The minimum absolute atomic E-state index is 0.0459. The molecule has 1 amide bonds. The van der Waals surface area contributed by atoms with Crippen LogP contribution in [0.1, 0.15) is 30.0 Å². The maximum absolute atomic E-state index is 15.1. The Morgan fingerprint density at radius 1 is 1.22 bits per heavy atom. The molecule has 3 N–H and O–H groups in total. The number of hydrogen-bond acceptors (Lipinski definition) is 6. The quantitative estimate of drug-likeness (QED) is 0.312. The summed E-state index contributed by atoms with van der Waals surface area (Å²) in [6.07, 6.45) is -7.37. The molecule has 9 nitrogen and oxygen atoms in total. The Kier molecular flexibility index (Phi) is 7.59. The lowest BCUT2D eigenvalue weighted by molar-refractivity contribution is -0.189. The Morgan fingerprint density at radius 3 is 2.42 bits per heavy atom. The largest absolute Gasteiger partial charge is 0.508 e. The minimum atomic E-state index is -4.89. The van der Waals surface area contributed by atoms with E-state index in [1.165, 1.54) is 0 Å². The number of ether oxygens (including phenoxy) is 1. The van der Waals surface area contributed by atoms with Crippen LogP contribution in [0.25, 0.3) is 5.69 Å². The van der Waals surface area contributed by atoms with E-state index >= 15 is 4.39 Å². The van der Waals surface area contributed by atoms with Crippen molar-refractivity contribution in [2.75, 3.05) is 5.32 Å². The summed E-state index contributed by atoms with van der Waals surface area (Å²) in [5.41, 5.74) is -3.01. The third-order valence-electron chi connectivity index (χ3n) is 4.95. The number of carbonyl (C=O) groups is 1. The molecule has 194 valence electrons. The summed E-state index contributed by atoms with van der Waals surface area (Å²) >= 11 is 5.81. The van der Waals surface area contributed by atoms with Crippen LogP contribution in [0.15, 0.2) is 29.1 Å². The van der Waals surface area contributed by atoms with Crippen molar-refractivity contribution in [3.05, 3.63) is 62.8 Å². The number of rotatable bonds is 7. The summed E-state index contributed by atoms with van der Waals surface area (Å²) in [4.78, 5) is 25.4. The van der Waals surface area contributed by atoms with Gasteiger partial charge in [-0.1, -0.05) is 11.6 Å². The first-order chi connectivity index (χ1) is 16.8. The molecule has 3 aromatic rings. The molecule has 0 saturated heterocycles. The summed E-state index contributed by atoms with van der Waals surface area (Å²) < 4.78 is 75.2. The SMILES string of the molecule is CCn1c(CO)nn(-c2cc(O[C@@H](C)C(F)(F)F)c(C(=O)Nc3c(F)cc(O)cc3Cl)cc2F)c1=O. The number of anilines is 1. The third kappa shape index (κ3) is 5.28. The van der Waals surface area contributed by atoms with Crippen molar-refractivity contribution in [1.82, 2.24) is 14.3 Å². The number of aromatic hydroxyl groups is 1. The molecule has 1 heterocycles. The van der Waals surface area contributed by atoms with E-state index in [-0.39, 0.29) is 12.4 Å². The van der Waals surface area contributed by atoms with Gasteiger partial charge >= 0.3 is 11.9 Å². The van der Waals surface area contributed by atoms with Gasteiger partial charge in [-0.3, -0.25) is 9.36 Å². The van der Waals surface area contributed by atoms with Crippen LogP contribution < -0.4 is 15.7 Å². The highest BCUT2D eigenvalue weighted by Crippen LogP contribution is 2.33. The molecular weight excluding hydrogens is 519 g/mol. The molecule has 0 aliphatic carbocycles. The lowest BCUT2D eigenvalue weighted by atomic mass is 10.1. The second-order valence-corrected chi connectivity index (χ2v) is 7.76. The molecule has 0 spiro atoms. The van der Waals surface area contributed by atoms with Crippen LogP contribution in [0.4, 0.5) is 27.6 Å². The fourth-order valence-corrected chi connectivity index (χ4v) is 3.38. The summed E-state index contributed by atoms with van der Waals surface area (Å²) in [6, 6.07) is 2.63. The molecule has 3 rings (SSSR count). The van der Waals surface area contributed by atoms with Crippen LogP contribution >= 0.6 is 11.6 Å². The summed E-state index contributed by atoms with van der Waals surface area (Å²) in [7, 11) is 0. The van der Waals surface area contributed by atoms with Crippen LogP contribution in [0.2, 0.25) is 5.02 Å². The van der Waals surface area contributed by atoms with E-state index in [9.17, 15) is 37.4 Å². The number of phenols is 1. The summed E-state index contributed by atoms with van der Waals surface area (Å²) in [5.74, 6) is -5.27. The molecule has 15 heteroatoms. The maximum Gasteiger partial charge on any atom is 0.425 e. The highest BCUT2D eigenvalue weighted by molar-refractivity contribution is 6.34. The Labute approximate surface area is 204 Å². The number of aromatic nitrogens is 3. The van der Waals surface area contributed by atoms with Crippen LogP contribution in [0.3, 0.4) is 0 Å². The second-order valence-electron chi connectivity index (χ2n) is 7.35. The first-order valence-corrected chi connectivity index (χ1v) is 10.5. The molecule has 1 atom stereocenters. The van der Waals surface area contributed by atoms with Crippen molar-refractivity contribution in [3.8, 4) is 17.2 Å². The number of amides is 1. The van der Waals surface area contributed by atoms with Gasteiger partial charge in [-0.2, -0.15) is 17.9 Å². The number of halogens is 6. The van der Waals surface area contributed by atoms with Gasteiger partial charge in [0.25, 0.3) is 5.91 Å². The maximum atomic E-state index is 15.1. The van der Waals surface area contributed by atoms with Gasteiger partial charge in [0, 0.05) is 24.7 Å². The van der Waals surface area contributed by atoms with E-state index in [1.807, 2.05) is 5.32 Å². The van der Waals surface area contributed by atoms with E-state index in [0.29, 0.717) is 29.8 Å². The smallest absolute Gasteiger partial charge is 0.425 e. The second kappa shape index (κ2) is 10.1. The van der Waals surface area contributed by atoms with Gasteiger partial charge < -0.3 is 20.3 Å². The number of carbonyl (C=O) groups excluding carboxylic acids is 1. The number of nitrogens with zero attached hydrogens (tertiary/aromatic N) is 3. The van der Waals surface area contributed by atoms with Crippen LogP contribution in [-0.2, 0) is 13.2 Å². The van der Waals surface area contributed by atoms with E-state index in [1.54, 1.807) is 6.92 Å². The van der Waals surface area contributed by atoms with E-state index in [4.69, 9.17) is 16.3 Å². The number of hydrogen-bond donors (Lipinski definition) is 3.